The Kier molecular flexibility index (Phi) is 8.77. The summed E-state index contributed by atoms with van der Waals surface area (Å²) in [5.74, 6) is -1.20. The quantitative estimate of drug-likeness (QED) is 0.204. The molecule has 6 aliphatic rings. The molecule has 1 aliphatic carbocycles. The third-order valence-electron chi connectivity index (χ3n) is 14.8. The molecule has 12 nitrogen and oxygen atoms in total. The highest BCUT2D eigenvalue weighted by atomic mass is 16.6. The van der Waals surface area contributed by atoms with Crippen LogP contribution in [0.2, 0.25) is 0 Å². The number of fused-ring (bicyclic) bond motifs is 6. The SMILES string of the molecule is CC=C1CC2CN(C1)Cc1c([nH]c3ccccc13)[C@@](C(=O)OC)(c1cc3c(cc1OC)N(C)[C@H]1C(O)(C(=O)OC)[C@H](OC(C)=O)[C@]4(CC)C=CCN5CC[C@]31[C@@H]54)C2. The van der Waals surface area contributed by atoms with Crippen LogP contribution in [0.1, 0.15) is 68.8 Å². The molecular weight excluding hydrogens is 725 g/mol. The zero-order valence-corrected chi connectivity index (χ0v) is 34.0. The van der Waals surface area contributed by atoms with Gasteiger partial charge in [-0.15, -0.1) is 0 Å². The van der Waals surface area contributed by atoms with Crippen LogP contribution >= 0.6 is 0 Å². The van der Waals surface area contributed by atoms with Crippen LogP contribution in [0.5, 0.6) is 5.75 Å². The Morgan fingerprint density at radius 2 is 1.81 bits per heavy atom. The van der Waals surface area contributed by atoms with Crippen LogP contribution in [0.15, 0.2) is 60.2 Å². The van der Waals surface area contributed by atoms with E-state index in [2.05, 4.69) is 58.1 Å². The number of carbonyl (C=O) groups excluding carboxylic acids is 3. The average molecular weight is 779 g/mol. The predicted octanol–water partition coefficient (Wildman–Crippen LogP) is 4.75. The smallest absolute Gasteiger partial charge is 0.344 e. The summed E-state index contributed by atoms with van der Waals surface area (Å²) in [7, 11) is 6.23. The summed E-state index contributed by atoms with van der Waals surface area (Å²) in [6.45, 7) is 9.14. The third-order valence-corrected chi connectivity index (χ3v) is 14.8. The Morgan fingerprint density at radius 1 is 1.04 bits per heavy atom. The van der Waals surface area contributed by atoms with Crippen molar-refractivity contribution in [3.63, 3.8) is 0 Å². The Balaban J connectivity index is 1.37. The lowest BCUT2D eigenvalue weighted by Crippen LogP contribution is -2.81. The molecule has 2 saturated heterocycles. The molecule has 9 rings (SSSR count). The Bertz CT molecular complexity index is 2250. The van der Waals surface area contributed by atoms with Crippen molar-refractivity contribution in [1.29, 1.82) is 0 Å². The fourth-order valence-electron chi connectivity index (χ4n) is 13.0. The number of nitrogens with one attached hydrogen (secondary N) is 1. The van der Waals surface area contributed by atoms with Gasteiger partial charge >= 0.3 is 17.9 Å². The first-order valence-corrected chi connectivity index (χ1v) is 20.3. The van der Waals surface area contributed by atoms with E-state index in [0.29, 0.717) is 50.2 Å². The van der Waals surface area contributed by atoms with Crippen molar-refractivity contribution < 1.29 is 38.4 Å². The van der Waals surface area contributed by atoms with Crippen LogP contribution < -0.4 is 9.64 Å². The molecule has 9 atom stereocenters. The number of esters is 3. The van der Waals surface area contributed by atoms with Gasteiger partial charge in [-0.1, -0.05) is 48.9 Å². The molecule has 0 amide bonds. The fraction of sp³-hybridized carbons (Fsp3) is 0.533. The highest BCUT2D eigenvalue weighted by Gasteiger charge is 2.80. The summed E-state index contributed by atoms with van der Waals surface area (Å²) in [6.07, 6.45) is 7.51. The van der Waals surface area contributed by atoms with E-state index >= 15 is 4.79 Å². The largest absolute Gasteiger partial charge is 0.496 e. The minimum atomic E-state index is -2.27. The normalized spacial score (nSPS) is 35.8. The highest BCUT2D eigenvalue weighted by Crippen LogP contribution is 2.68. The molecule has 12 heteroatoms. The number of ether oxygens (including phenoxy) is 4. The second-order valence-corrected chi connectivity index (χ2v) is 17.3. The van der Waals surface area contributed by atoms with Crippen molar-refractivity contribution in [1.82, 2.24) is 14.8 Å². The van der Waals surface area contributed by atoms with Gasteiger partial charge in [-0.3, -0.25) is 19.4 Å². The number of piperidine rings is 1. The first-order chi connectivity index (χ1) is 27.4. The van der Waals surface area contributed by atoms with Gasteiger partial charge in [-0.2, -0.15) is 0 Å². The zero-order valence-electron chi connectivity index (χ0n) is 34.0. The first-order valence-electron chi connectivity index (χ1n) is 20.3. The number of H-pyrrole nitrogens is 1. The van der Waals surface area contributed by atoms with E-state index in [-0.39, 0.29) is 17.9 Å². The number of methoxy groups -OCH3 is 3. The van der Waals surface area contributed by atoms with Crippen LogP contribution in [-0.4, -0.2) is 116 Å². The molecule has 0 radical (unpaired) electrons. The van der Waals surface area contributed by atoms with Gasteiger partial charge in [0, 0.05) is 90.9 Å². The maximum absolute atomic E-state index is 15.2. The summed E-state index contributed by atoms with van der Waals surface area (Å²) in [5.41, 5.74) is 1.10. The summed E-state index contributed by atoms with van der Waals surface area (Å²) in [6, 6.07) is 11.2. The Hall–Kier alpha value is -4.65. The van der Waals surface area contributed by atoms with Crippen molar-refractivity contribution in [2.75, 3.05) is 59.5 Å². The van der Waals surface area contributed by atoms with E-state index in [4.69, 9.17) is 18.9 Å². The van der Waals surface area contributed by atoms with Crippen LogP contribution in [0.4, 0.5) is 5.69 Å². The van der Waals surface area contributed by atoms with Gasteiger partial charge in [0.15, 0.2) is 6.10 Å². The van der Waals surface area contributed by atoms with Gasteiger partial charge in [0.1, 0.15) is 11.2 Å². The predicted molar refractivity (Wildman–Crippen MR) is 214 cm³/mol. The topological polar surface area (TPSA) is 134 Å². The molecule has 2 bridgehead atoms. The van der Waals surface area contributed by atoms with Gasteiger partial charge in [0.05, 0.1) is 27.4 Å². The molecule has 57 heavy (non-hydrogen) atoms. The maximum Gasteiger partial charge on any atom is 0.344 e. The molecule has 2 aromatic carbocycles. The highest BCUT2D eigenvalue weighted by molar-refractivity contribution is 5.95. The lowest BCUT2D eigenvalue weighted by atomic mass is 9.47. The maximum atomic E-state index is 15.2. The van der Waals surface area contributed by atoms with Crippen molar-refractivity contribution in [2.24, 2.45) is 11.3 Å². The fourth-order valence-corrected chi connectivity index (χ4v) is 13.0. The summed E-state index contributed by atoms with van der Waals surface area (Å²) >= 11 is 0. The van der Waals surface area contributed by atoms with Gasteiger partial charge in [-0.25, -0.2) is 4.79 Å². The molecule has 3 unspecified atom stereocenters. The number of aromatic nitrogens is 1. The van der Waals surface area contributed by atoms with Crippen LogP contribution in [0, 0.1) is 11.3 Å². The van der Waals surface area contributed by atoms with Crippen molar-refractivity contribution in [3.05, 3.63) is 82.6 Å². The van der Waals surface area contributed by atoms with E-state index in [1.165, 1.54) is 26.7 Å². The summed E-state index contributed by atoms with van der Waals surface area (Å²) in [5, 5.41) is 14.4. The van der Waals surface area contributed by atoms with Gasteiger partial charge < -0.3 is 33.9 Å². The monoisotopic (exact) mass is 778 g/mol. The number of hydrogen-bond acceptors (Lipinski definition) is 11. The van der Waals surface area contributed by atoms with Crippen LogP contribution in [0.3, 0.4) is 0 Å². The molecular formula is C45H54N4O8. The number of nitrogens with zero attached hydrogens (tertiary/aromatic N) is 3. The van der Waals surface area contributed by atoms with E-state index < -0.39 is 45.9 Å². The number of para-hydroxylation sites is 1. The number of hydrogen-bond donors (Lipinski definition) is 2. The lowest BCUT2D eigenvalue weighted by molar-refractivity contribution is -0.228. The molecule has 302 valence electrons. The average Bonchev–Trinajstić information content (AvgIpc) is 3.87. The number of benzene rings is 2. The van der Waals surface area contributed by atoms with Crippen LogP contribution in [-0.2, 0) is 46.0 Å². The van der Waals surface area contributed by atoms with Crippen molar-refractivity contribution >= 4 is 34.5 Å². The van der Waals surface area contributed by atoms with Crippen LogP contribution in [0.25, 0.3) is 10.9 Å². The minimum Gasteiger partial charge on any atom is -0.496 e. The Labute approximate surface area is 333 Å². The number of anilines is 1. The van der Waals surface area contributed by atoms with Gasteiger partial charge in [-0.05, 0) is 68.3 Å². The molecule has 1 aromatic heterocycles. The molecule has 1 spiro atoms. The number of allylic oxidation sites excluding steroid dienone is 1. The van der Waals surface area contributed by atoms with Crippen molar-refractivity contribution in [3.8, 4) is 5.75 Å². The number of carbonyl (C=O) groups is 3. The summed E-state index contributed by atoms with van der Waals surface area (Å²) < 4.78 is 23.9. The standard InChI is InChI=1S/C45H54N4O8/c1-8-27-19-28-22-44(40(51)55-6,36-30(25-48(23-27)24-28)29-13-10-11-14-33(29)46-36)32-20-31-34(21-35(32)54-5)47(4)38-43(31)16-18-49-17-12-15-42(9-2,37(43)49)39(57-26(3)50)45(38,53)41(52)56-7/h8,10-15,20-21,28,37-39,46,53H,9,16-19,22-25H2,1-7H3/t28?,37-,38+,39+,42+,43+,44-,45?/m0/s1. The number of rotatable bonds is 6. The molecule has 1 saturated carbocycles. The van der Waals surface area contributed by atoms with Gasteiger partial charge in [0.2, 0.25) is 5.60 Å². The van der Waals surface area contributed by atoms with Crippen molar-refractivity contribution in [2.45, 2.75) is 87.6 Å². The lowest BCUT2D eigenvalue weighted by Gasteiger charge is -2.63. The number of aromatic amines is 1. The van der Waals surface area contributed by atoms with E-state index in [9.17, 15) is 14.7 Å². The zero-order chi connectivity index (χ0) is 40.2. The van der Waals surface area contributed by atoms with E-state index in [1.54, 1.807) is 7.11 Å². The number of aliphatic hydroxyl groups is 1. The summed E-state index contributed by atoms with van der Waals surface area (Å²) in [4.78, 5) is 53.1. The molecule has 3 aromatic rings. The second-order valence-electron chi connectivity index (χ2n) is 17.3. The van der Waals surface area contributed by atoms with E-state index in [1.807, 2.05) is 37.1 Å². The Morgan fingerprint density at radius 3 is 2.51 bits per heavy atom. The molecule has 5 aliphatic heterocycles. The third kappa shape index (κ3) is 4.80. The first kappa shape index (κ1) is 37.9. The molecule has 2 N–H and O–H groups in total. The molecule has 6 heterocycles. The second kappa shape index (κ2) is 13.2. The minimum absolute atomic E-state index is 0.122. The van der Waals surface area contributed by atoms with Gasteiger partial charge in [0.25, 0.3) is 0 Å². The molecule has 3 fully saturated rings. The number of likely N-dealkylation sites (N-methyl/N-ethyl adjacent to an activating group) is 1. The van der Waals surface area contributed by atoms with E-state index in [0.717, 1.165) is 52.9 Å².